The fourth-order valence-electron chi connectivity index (χ4n) is 4.55. The number of para-hydroxylation sites is 1. The predicted octanol–water partition coefficient (Wildman–Crippen LogP) is 3.55. The smallest absolute Gasteiger partial charge is 0.0952 e. The second-order valence-electron chi connectivity index (χ2n) is 7.33. The maximum Gasteiger partial charge on any atom is 0.0952 e. The SMILES string of the molecule is C=C[C@@]1(C)CN2CC[C@H]1C[C@H]2[C@H](O)c1ccnc2ccccc12. The molecule has 120 valence electrons. The Labute approximate surface area is 137 Å². The Kier molecular flexibility index (Phi) is 3.51. The van der Waals surface area contributed by atoms with E-state index in [1.165, 1.54) is 6.42 Å². The van der Waals surface area contributed by atoms with Gasteiger partial charge in [-0.25, -0.2) is 0 Å². The lowest BCUT2D eigenvalue weighted by Gasteiger charge is -2.55. The highest BCUT2D eigenvalue weighted by atomic mass is 16.3. The number of aliphatic hydroxyl groups excluding tert-OH is 1. The molecule has 23 heavy (non-hydrogen) atoms. The summed E-state index contributed by atoms with van der Waals surface area (Å²) in [6.45, 7) is 8.44. The molecule has 0 amide bonds. The van der Waals surface area contributed by atoms with Gasteiger partial charge >= 0.3 is 0 Å². The lowest BCUT2D eigenvalue weighted by Crippen LogP contribution is -2.58. The van der Waals surface area contributed by atoms with Crippen molar-refractivity contribution < 1.29 is 5.11 Å². The Morgan fingerprint density at radius 2 is 2.22 bits per heavy atom. The van der Waals surface area contributed by atoms with Gasteiger partial charge in [-0.05, 0) is 43.0 Å². The molecule has 3 heteroatoms. The van der Waals surface area contributed by atoms with Crippen molar-refractivity contribution in [2.75, 3.05) is 13.1 Å². The number of rotatable bonds is 3. The van der Waals surface area contributed by atoms with Gasteiger partial charge in [-0.3, -0.25) is 9.88 Å². The van der Waals surface area contributed by atoms with Crippen LogP contribution in [0.2, 0.25) is 0 Å². The Hall–Kier alpha value is -1.71. The average molecular weight is 308 g/mol. The van der Waals surface area contributed by atoms with Gasteiger partial charge in [0.1, 0.15) is 0 Å². The summed E-state index contributed by atoms with van der Waals surface area (Å²) in [5.41, 5.74) is 2.15. The summed E-state index contributed by atoms with van der Waals surface area (Å²) in [5.74, 6) is 0.623. The molecule has 3 nitrogen and oxygen atoms in total. The van der Waals surface area contributed by atoms with Gasteiger partial charge in [-0.15, -0.1) is 6.58 Å². The first-order valence-corrected chi connectivity index (χ1v) is 8.52. The zero-order valence-electron chi connectivity index (χ0n) is 13.7. The molecular formula is C20H24N2O. The highest BCUT2D eigenvalue weighted by Gasteiger charge is 2.47. The summed E-state index contributed by atoms with van der Waals surface area (Å²) in [7, 11) is 0. The number of aliphatic hydroxyl groups is 1. The highest BCUT2D eigenvalue weighted by Crippen LogP contribution is 2.48. The molecule has 4 heterocycles. The monoisotopic (exact) mass is 308 g/mol. The van der Waals surface area contributed by atoms with Crippen LogP contribution in [-0.2, 0) is 0 Å². The van der Waals surface area contributed by atoms with Crippen molar-refractivity contribution in [1.29, 1.82) is 0 Å². The Balaban J connectivity index is 1.68. The van der Waals surface area contributed by atoms with Gasteiger partial charge in [0.15, 0.2) is 0 Å². The van der Waals surface area contributed by atoms with Crippen molar-refractivity contribution >= 4 is 10.9 Å². The standard InChI is InChI=1S/C20H24N2O/c1-3-20(2)13-22-11-9-14(20)12-18(22)19(23)16-8-10-21-17-7-5-4-6-15(16)17/h3-8,10,14,18-19,23H,1,9,11-13H2,2H3/t14-,18-,19+,20-/m0/s1. The summed E-state index contributed by atoms with van der Waals surface area (Å²) in [6.07, 6.45) is 5.72. The maximum absolute atomic E-state index is 11.1. The highest BCUT2D eigenvalue weighted by molar-refractivity contribution is 5.82. The maximum atomic E-state index is 11.1. The van der Waals surface area contributed by atoms with Crippen LogP contribution < -0.4 is 0 Å². The molecule has 1 aromatic heterocycles. The van der Waals surface area contributed by atoms with Crippen LogP contribution in [0.5, 0.6) is 0 Å². The molecule has 1 N–H and O–H groups in total. The van der Waals surface area contributed by atoms with Crippen LogP contribution in [0.3, 0.4) is 0 Å². The minimum atomic E-state index is -0.458. The number of hydrogen-bond donors (Lipinski definition) is 1. The number of fused-ring (bicyclic) bond motifs is 4. The van der Waals surface area contributed by atoms with Gasteiger partial charge in [0.2, 0.25) is 0 Å². The van der Waals surface area contributed by atoms with Crippen LogP contribution in [0.1, 0.15) is 31.4 Å². The van der Waals surface area contributed by atoms with E-state index in [0.29, 0.717) is 5.92 Å². The van der Waals surface area contributed by atoms with Crippen LogP contribution in [0, 0.1) is 11.3 Å². The fourth-order valence-corrected chi connectivity index (χ4v) is 4.55. The first-order chi connectivity index (χ1) is 11.1. The predicted molar refractivity (Wildman–Crippen MR) is 93.1 cm³/mol. The van der Waals surface area contributed by atoms with E-state index in [1.807, 2.05) is 30.5 Å². The van der Waals surface area contributed by atoms with E-state index in [-0.39, 0.29) is 11.5 Å². The van der Waals surface area contributed by atoms with Gasteiger partial charge in [-0.2, -0.15) is 0 Å². The van der Waals surface area contributed by atoms with Gasteiger partial charge < -0.3 is 5.11 Å². The van der Waals surface area contributed by atoms with Gasteiger partial charge in [0.05, 0.1) is 11.6 Å². The number of pyridine rings is 1. The zero-order chi connectivity index (χ0) is 16.0. The van der Waals surface area contributed by atoms with Crippen molar-refractivity contribution in [2.45, 2.75) is 31.9 Å². The lowest BCUT2D eigenvalue weighted by atomic mass is 9.65. The molecule has 3 aliphatic heterocycles. The molecule has 5 atom stereocenters. The summed E-state index contributed by atoms with van der Waals surface area (Å²) in [4.78, 5) is 6.88. The number of piperidine rings is 3. The van der Waals surface area contributed by atoms with Gasteiger partial charge in [-0.1, -0.05) is 31.2 Å². The largest absolute Gasteiger partial charge is 0.387 e. The quantitative estimate of drug-likeness (QED) is 0.881. The second-order valence-corrected chi connectivity index (χ2v) is 7.33. The Bertz CT molecular complexity index is 738. The summed E-state index contributed by atoms with van der Waals surface area (Å²) >= 11 is 0. The third-order valence-electron chi connectivity index (χ3n) is 6.07. The van der Waals surface area contributed by atoms with E-state index in [0.717, 1.165) is 36.0 Å². The van der Waals surface area contributed by atoms with E-state index in [1.54, 1.807) is 0 Å². The van der Waals surface area contributed by atoms with Crippen LogP contribution >= 0.6 is 0 Å². The minimum absolute atomic E-state index is 0.189. The number of hydrogen-bond acceptors (Lipinski definition) is 3. The molecule has 0 aliphatic carbocycles. The van der Waals surface area contributed by atoms with E-state index in [9.17, 15) is 5.11 Å². The molecule has 0 spiro atoms. The molecule has 3 fully saturated rings. The molecule has 2 aromatic rings. The van der Waals surface area contributed by atoms with Crippen LogP contribution in [0.15, 0.2) is 49.2 Å². The molecule has 1 unspecified atom stereocenters. The summed E-state index contributed by atoms with van der Waals surface area (Å²) in [6, 6.07) is 10.3. The van der Waals surface area contributed by atoms with Crippen LogP contribution in [0.4, 0.5) is 0 Å². The molecule has 3 saturated heterocycles. The number of nitrogens with zero attached hydrogens (tertiary/aromatic N) is 2. The van der Waals surface area contributed by atoms with Crippen LogP contribution in [-0.4, -0.2) is 34.1 Å². The first kappa shape index (κ1) is 14.9. The van der Waals surface area contributed by atoms with E-state index >= 15 is 0 Å². The molecule has 3 aliphatic rings. The lowest BCUT2D eigenvalue weighted by molar-refractivity contribution is -0.0759. The second kappa shape index (κ2) is 5.43. The topological polar surface area (TPSA) is 36.4 Å². The molecule has 0 saturated carbocycles. The van der Waals surface area contributed by atoms with Gasteiger partial charge in [0.25, 0.3) is 0 Å². The van der Waals surface area contributed by atoms with Crippen molar-refractivity contribution in [1.82, 2.24) is 9.88 Å². The van der Waals surface area contributed by atoms with E-state index in [2.05, 4.69) is 35.5 Å². The van der Waals surface area contributed by atoms with E-state index in [4.69, 9.17) is 0 Å². The average Bonchev–Trinajstić information content (AvgIpc) is 2.61. The number of benzene rings is 1. The van der Waals surface area contributed by atoms with E-state index < -0.39 is 6.10 Å². The third kappa shape index (κ3) is 2.30. The van der Waals surface area contributed by atoms with Crippen molar-refractivity contribution in [3.8, 4) is 0 Å². The normalized spacial score (nSPS) is 34.4. The van der Waals surface area contributed by atoms with Crippen LogP contribution in [0.25, 0.3) is 10.9 Å². The number of aromatic nitrogens is 1. The van der Waals surface area contributed by atoms with Gasteiger partial charge in [0, 0.05) is 29.6 Å². The molecule has 1 aromatic carbocycles. The summed E-state index contributed by atoms with van der Waals surface area (Å²) in [5, 5.41) is 12.2. The minimum Gasteiger partial charge on any atom is -0.387 e. The fraction of sp³-hybridized carbons (Fsp3) is 0.450. The Morgan fingerprint density at radius 3 is 2.96 bits per heavy atom. The zero-order valence-corrected chi connectivity index (χ0v) is 13.7. The van der Waals surface area contributed by atoms with Crippen molar-refractivity contribution in [2.24, 2.45) is 11.3 Å². The van der Waals surface area contributed by atoms with Crippen molar-refractivity contribution in [3.05, 3.63) is 54.7 Å². The molecule has 0 radical (unpaired) electrons. The molecule has 2 bridgehead atoms. The first-order valence-electron chi connectivity index (χ1n) is 8.52. The molecule has 5 rings (SSSR count). The third-order valence-corrected chi connectivity index (χ3v) is 6.07. The van der Waals surface area contributed by atoms with Crippen molar-refractivity contribution in [3.63, 3.8) is 0 Å². The molecular weight excluding hydrogens is 284 g/mol. The summed E-state index contributed by atoms with van der Waals surface area (Å²) < 4.78 is 0. The Morgan fingerprint density at radius 1 is 1.39 bits per heavy atom.